The summed E-state index contributed by atoms with van der Waals surface area (Å²) < 4.78 is 0. The summed E-state index contributed by atoms with van der Waals surface area (Å²) in [6, 6.07) is 6.80. The van der Waals surface area contributed by atoms with E-state index in [1.54, 1.807) is 11.3 Å². The Bertz CT molecular complexity index is 496. The van der Waals surface area contributed by atoms with Crippen LogP contribution in [0.1, 0.15) is 31.2 Å². The van der Waals surface area contributed by atoms with Gasteiger partial charge in [-0.05, 0) is 30.9 Å². The summed E-state index contributed by atoms with van der Waals surface area (Å²) in [7, 11) is 2.12. The molecule has 102 valence electrons. The number of hydrogen-bond acceptors (Lipinski definition) is 4. The zero-order valence-corrected chi connectivity index (χ0v) is 12.6. The maximum Gasteiger partial charge on any atom is 0.0604 e. The van der Waals surface area contributed by atoms with Crippen molar-refractivity contribution in [3.63, 3.8) is 0 Å². The Balaban J connectivity index is 2.12. The van der Waals surface area contributed by atoms with Gasteiger partial charge in [-0.15, -0.1) is 11.3 Å². The van der Waals surface area contributed by atoms with Gasteiger partial charge in [0.05, 0.1) is 29.8 Å². The molecule has 0 saturated carbocycles. The first kappa shape index (κ1) is 13.9. The number of rotatable bonds is 6. The summed E-state index contributed by atoms with van der Waals surface area (Å²) in [6.07, 6.45) is 4.91. The van der Waals surface area contributed by atoms with Crippen LogP contribution in [0, 0.1) is 0 Å². The summed E-state index contributed by atoms with van der Waals surface area (Å²) in [4.78, 5) is 7.95. The highest BCUT2D eigenvalue weighted by Gasteiger charge is 2.13. The summed E-state index contributed by atoms with van der Waals surface area (Å²) >= 11 is 1.79. The summed E-state index contributed by atoms with van der Waals surface area (Å²) in [5.74, 6) is 0. The van der Waals surface area contributed by atoms with E-state index in [2.05, 4.69) is 59.7 Å². The van der Waals surface area contributed by atoms with Crippen molar-refractivity contribution in [3.8, 4) is 0 Å². The Morgan fingerprint density at radius 1 is 1.42 bits per heavy atom. The van der Waals surface area contributed by atoms with Crippen molar-refractivity contribution in [2.45, 2.75) is 26.3 Å². The van der Waals surface area contributed by atoms with Gasteiger partial charge >= 0.3 is 0 Å². The van der Waals surface area contributed by atoms with Crippen molar-refractivity contribution in [2.24, 2.45) is 0 Å². The van der Waals surface area contributed by atoms with Crippen LogP contribution in [0.4, 0.5) is 11.4 Å². The molecule has 2 aromatic heterocycles. The van der Waals surface area contributed by atoms with Crippen LogP contribution in [0.5, 0.6) is 0 Å². The number of pyridine rings is 1. The normalized spacial score (nSPS) is 12.2. The van der Waals surface area contributed by atoms with Crippen LogP contribution in [0.2, 0.25) is 0 Å². The zero-order chi connectivity index (χ0) is 13.7. The van der Waals surface area contributed by atoms with E-state index in [9.17, 15) is 0 Å². The van der Waals surface area contributed by atoms with Gasteiger partial charge in [-0.2, -0.15) is 0 Å². The standard InChI is InChI=1S/C15H21N3S/c1-4-7-17-13-9-14(11-16-10-13)18(3)12(2)15-6-5-8-19-15/h5-6,8-12,17H,4,7H2,1-3H3. The Morgan fingerprint density at radius 3 is 2.95 bits per heavy atom. The molecule has 0 bridgehead atoms. The monoisotopic (exact) mass is 275 g/mol. The fraction of sp³-hybridized carbons (Fsp3) is 0.400. The molecule has 4 heteroatoms. The van der Waals surface area contributed by atoms with E-state index < -0.39 is 0 Å². The molecule has 0 amide bonds. The maximum atomic E-state index is 4.32. The lowest BCUT2D eigenvalue weighted by Gasteiger charge is -2.26. The Morgan fingerprint density at radius 2 is 2.26 bits per heavy atom. The quantitative estimate of drug-likeness (QED) is 0.858. The minimum atomic E-state index is 0.364. The molecule has 0 aliphatic heterocycles. The van der Waals surface area contributed by atoms with Gasteiger partial charge in [0.2, 0.25) is 0 Å². The Kier molecular flexibility index (Phi) is 4.80. The second-order valence-corrected chi connectivity index (χ2v) is 5.64. The minimum Gasteiger partial charge on any atom is -0.384 e. The number of nitrogens with one attached hydrogen (secondary N) is 1. The molecule has 1 N–H and O–H groups in total. The van der Waals surface area contributed by atoms with Crippen LogP contribution in [0.25, 0.3) is 0 Å². The number of anilines is 2. The smallest absolute Gasteiger partial charge is 0.0604 e. The fourth-order valence-electron chi connectivity index (χ4n) is 1.93. The van der Waals surface area contributed by atoms with Gasteiger partial charge in [0.25, 0.3) is 0 Å². The van der Waals surface area contributed by atoms with E-state index in [-0.39, 0.29) is 0 Å². The van der Waals surface area contributed by atoms with E-state index in [1.165, 1.54) is 4.88 Å². The predicted octanol–water partition coefficient (Wildman–Crippen LogP) is 4.16. The van der Waals surface area contributed by atoms with Crippen LogP contribution in [0.3, 0.4) is 0 Å². The molecule has 3 nitrogen and oxygen atoms in total. The Labute approximate surface area is 119 Å². The molecule has 0 saturated heterocycles. The van der Waals surface area contributed by atoms with Crippen LogP contribution < -0.4 is 10.2 Å². The van der Waals surface area contributed by atoms with Crippen LogP contribution in [-0.4, -0.2) is 18.6 Å². The van der Waals surface area contributed by atoms with E-state index in [1.807, 2.05) is 12.4 Å². The van der Waals surface area contributed by atoms with E-state index >= 15 is 0 Å². The summed E-state index contributed by atoms with van der Waals surface area (Å²) in [5, 5.41) is 5.50. The zero-order valence-electron chi connectivity index (χ0n) is 11.8. The first-order valence-corrected chi connectivity index (χ1v) is 7.55. The molecule has 2 heterocycles. The molecule has 0 fully saturated rings. The topological polar surface area (TPSA) is 28.2 Å². The Hall–Kier alpha value is -1.55. The largest absolute Gasteiger partial charge is 0.384 e. The molecular weight excluding hydrogens is 254 g/mol. The van der Waals surface area contributed by atoms with Gasteiger partial charge in [0.15, 0.2) is 0 Å². The van der Waals surface area contributed by atoms with Crippen molar-refractivity contribution in [3.05, 3.63) is 40.8 Å². The molecule has 2 aromatic rings. The third-order valence-corrected chi connectivity index (χ3v) is 4.29. The third-order valence-electron chi connectivity index (χ3n) is 3.25. The SMILES string of the molecule is CCCNc1cncc(N(C)C(C)c2cccs2)c1. The summed E-state index contributed by atoms with van der Waals surface area (Å²) in [6.45, 7) is 5.36. The summed E-state index contributed by atoms with van der Waals surface area (Å²) in [5.41, 5.74) is 2.23. The van der Waals surface area contributed by atoms with Gasteiger partial charge in [-0.25, -0.2) is 0 Å². The average molecular weight is 275 g/mol. The minimum absolute atomic E-state index is 0.364. The maximum absolute atomic E-state index is 4.32. The number of hydrogen-bond donors (Lipinski definition) is 1. The third kappa shape index (κ3) is 3.47. The first-order valence-electron chi connectivity index (χ1n) is 6.67. The van der Waals surface area contributed by atoms with Crippen LogP contribution >= 0.6 is 11.3 Å². The fourth-order valence-corrected chi connectivity index (χ4v) is 2.76. The van der Waals surface area contributed by atoms with E-state index in [0.717, 1.165) is 24.3 Å². The van der Waals surface area contributed by atoms with Crippen molar-refractivity contribution in [1.29, 1.82) is 0 Å². The van der Waals surface area contributed by atoms with Gasteiger partial charge in [-0.1, -0.05) is 13.0 Å². The molecule has 0 spiro atoms. The molecule has 19 heavy (non-hydrogen) atoms. The highest BCUT2D eigenvalue weighted by molar-refractivity contribution is 7.10. The van der Waals surface area contributed by atoms with Crippen molar-refractivity contribution >= 4 is 22.7 Å². The molecule has 0 aromatic carbocycles. The van der Waals surface area contributed by atoms with Gasteiger partial charge in [-0.3, -0.25) is 4.98 Å². The second-order valence-electron chi connectivity index (χ2n) is 4.66. The molecule has 0 aliphatic carbocycles. The van der Waals surface area contributed by atoms with Crippen LogP contribution in [0.15, 0.2) is 36.0 Å². The lowest BCUT2D eigenvalue weighted by Crippen LogP contribution is -2.21. The second kappa shape index (κ2) is 6.57. The molecule has 0 aliphatic rings. The number of thiophene rings is 1. The lowest BCUT2D eigenvalue weighted by atomic mass is 10.2. The van der Waals surface area contributed by atoms with Crippen LogP contribution in [-0.2, 0) is 0 Å². The molecule has 2 rings (SSSR count). The number of nitrogens with zero attached hydrogens (tertiary/aromatic N) is 2. The highest BCUT2D eigenvalue weighted by Crippen LogP contribution is 2.28. The van der Waals surface area contributed by atoms with Crippen molar-refractivity contribution in [2.75, 3.05) is 23.8 Å². The van der Waals surface area contributed by atoms with E-state index in [4.69, 9.17) is 0 Å². The molecule has 1 atom stereocenters. The highest BCUT2D eigenvalue weighted by atomic mass is 32.1. The van der Waals surface area contributed by atoms with Crippen molar-refractivity contribution in [1.82, 2.24) is 4.98 Å². The predicted molar refractivity (Wildman–Crippen MR) is 84.2 cm³/mol. The lowest BCUT2D eigenvalue weighted by molar-refractivity contribution is 0.752. The van der Waals surface area contributed by atoms with Crippen molar-refractivity contribution < 1.29 is 0 Å². The molecular formula is C15H21N3S. The van der Waals surface area contributed by atoms with Gasteiger partial charge < -0.3 is 10.2 Å². The first-order chi connectivity index (χ1) is 9.22. The van der Waals surface area contributed by atoms with Gasteiger partial charge in [0, 0.05) is 18.5 Å². The van der Waals surface area contributed by atoms with Gasteiger partial charge in [0.1, 0.15) is 0 Å². The average Bonchev–Trinajstić information content (AvgIpc) is 2.98. The number of aromatic nitrogens is 1. The van der Waals surface area contributed by atoms with E-state index in [0.29, 0.717) is 6.04 Å². The molecule has 1 unspecified atom stereocenters. The molecule has 0 radical (unpaired) electrons.